The van der Waals surface area contributed by atoms with Gasteiger partial charge in [0.15, 0.2) is 9.84 Å². The Morgan fingerprint density at radius 1 is 1.55 bits per heavy atom. The number of sulfone groups is 1. The van der Waals surface area contributed by atoms with Crippen molar-refractivity contribution in [1.29, 1.82) is 0 Å². The maximum Gasteiger partial charge on any atom is 0.150 e. The van der Waals surface area contributed by atoms with Crippen LogP contribution in [0.3, 0.4) is 0 Å². The molecule has 1 heterocycles. The summed E-state index contributed by atoms with van der Waals surface area (Å²) < 4.78 is 22.2. The molecule has 2 rings (SSSR count). The summed E-state index contributed by atoms with van der Waals surface area (Å²) in [4.78, 5) is 0. The van der Waals surface area contributed by atoms with Crippen LogP contribution < -0.4 is 5.32 Å². The molecule has 0 bridgehead atoms. The summed E-state index contributed by atoms with van der Waals surface area (Å²) in [5.74, 6) is 0.830. The molecular formula is C7H13NO2S. The van der Waals surface area contributed by atoms with Gasteiger partial charge in [0.25, 0.3) is 0 Å². The minimum atomic E-state index is -2.67. The molecule has 2 unspecified atom stereocenters. The Labute approximate surface area is 67.1 Å². The van der Waals surface area contributed by atoms with Crippen molar-refractivity contribution in [2.24, 2.45) is 5.41 Å². The average Bonchev–Trinajstić information content (AvgIpc) is 2.49. The first-order valence-electron chi connectivity index (χ1n) is 3.96. The van der Waals surface area contributed by atoms with Crippen LogP contribution in [0.15, 0.2) is 0 Å². The van der Waals surface area contributed by atoms with E-state index in [9.17, 15) is 8.42 Å². The quantitative estimate of drug-likeness (QED) is 0.599. The molecule has 0 radical (unpaired) electrons. The highest BCUT2D eigenvalue weighted by Gasteiger charge is 2.58. The zero-order valence-electron chi connectivity index (χ0n) is 6.63. The van der Waals surface area contributed by atoms with Crippen molar-refractivity contribution in [2.75, 3.05) is 18.6 Å². The zero-order valence-corrected chi connectivity index (χ0v) is 7.45. The molecule has 4 heteroatoms. The number of rotatable bonds is 1. The van der Waals surface area contributed by atoms with Crippen LogP contribution in [0.1, 0.15) is 12.8 Å². The van der Waals surface area contributed by atoms with Crippen LogP contribution in [0.2, 0.25) is 0 Å². The Hall–Kier alpha value is -0.0900. The van der Waals surface area contributed by atoms with E-state index < -0.39 is 9.84 Å². The molecule has 2 aliphatic rings. The van der Waals surface area contributed by atoms with Crippen molar-refractivity contribution in [2.45, 2.75) is 18.9 Å². The largest absolute Gasteiger partial charge is 0.316 e. The summed E-state index contributed by atoms with van der Waals surface area (Å²) in [6.45, 7) is 0. The molecule has 0 aromatic heterocycles. The molecule has 0 aromatic carbocycles. The lowest BCUT2D eigenvalue weighted by Gasteiger charge is -2.03. The Morgan fingerprint density at radius 3 is 2.64 bits per heavy atom. The molecular weight excluding hydrogens is 162 g/mol. The van der Waals surface area contributed by atoms with Crippen molar-refractivity contribution < 1.29 is 8.42 Å². The van der Waals surface area contributed by atoms with E-state index in [1.165, 1.54) is 0 Å². The predicted octanol–water partition coefficient (Wildman–Crippen LogP) is -0.217. The molecule has 2 atom stereocenters. The fourth-order valence-corrected chi connectivity index (χ4v) is 4.33. The summed E-state index contributed by atoms with van der Waals surface area (Å²) in [5.41, 5.74) is 0.146. The van der Waals surface area contributed by atoms with Gasteiger partial charge in [0.1, 0.15) is 0 Å². The van der Waals surface area contributed by atoms with E-state index in [4.69, 9.17) is 0 Å². The molecule has 1 aliphatic heterocycles. The number of hydrogen-bond acceptors (Lipinski definition) is 3. The number of nitrogens with one attached hydrogen (secondary N) is 1. The molecule has 3 nitrogen and oxygen atoms in total. The average molecular weight is 175 g/mol. The molecule has 1 N–H and O–H groups in total. The van der Waals surface area contributed by atoms with Gasteiger partial charge in [-0.1, -0.05) is 0 Å². The van der Waals surface area contributed by atoms with E-state index >= 15 is 0 Å². The van der Waals surface area contributed by atoms with Crippen LogP contribution in [-0.4, -0.2) is 33.0 Å². The van der Waals surface area contributed by atoms with Crippen LogP contribution in [0, 0.1) is 5.41 Å². The van der Waals surface area contributed by atoms with Gasteiger partial charge >= 0.3 is 0 Å². The highest BCUT2D eigenvalue weighted by atomic mass is 32.2. The molecule has 1 spiro atoms. The van der Waals surface area contributed by atoms with E-state index in [1.54, 1.807) is 0 Å². The van der Waals surface area contributed by atoms with Crippen molar-refractivity contribution in [3.05, 3.63) is 0 Å². The minimum absolute atomic E-state index is 0.146. The second-order valence-corrected chi connectivity index (χ2v) is 5.93. The Kier molecular flexibility index (Phi) is 1.36. The van der Waals surface area contributed by atoms with Gasteiger partial charge in [-0.05, 0) is 19.9 Å². The second kappa shape index (κ2) is 1.98. The Balaban J connectivity index is 2.13. The molecule has 1 saturated carbocycles. The third-order valence-corrected chi connectivity index (χ3v) is 4.80. The van der Waals surface area contributed by atoms with Gasteiger partial charge in [0, 0.05) is 11.5 Å². The maximum absolute atomic E-state index is 11.1. The molecule has 2 fully saturated rings. The van der Waals surface area contributed by atoms with Crippen LogP contribution in [0.25, 0.3) is 0 Å². The molecule has 11 heavy (non-hydrogen) atoms. The van der Waals surface area contributed by atoms with Crippen molar-refractivity contribution in [3.8, 4) is 0 Å². The zero-order chi connectivity index (χ0) is 8.11. The Morgan fingerprint density at radius 2 is 2.27 bits per heavy atom. The number of hydrogen-bond donors (Lipinski definition) is 1. The van der Waals surface area contributed by atoms with Gasteiger partial charge in [-0.25, -0.2) is 8.42 Å². The SMILES string of the molecule is CNC1CC12CCS(=O)(=O)C2. The highest BCUT2D eigenvalue weighted by Crippen LogP contribution is 2.53. The molecule has 0 aromatic rings. The van der Waals surface area contributed by atoms with Gasteiger partial charge < -0.3 is 5.32 Å². The van der Waals surface area contributed by atoms with Gasteiger partial charge in [0.05, 0.1) is 11.5 Å². The van der Waals surface area contributed by atoms with Crippen LogP contribution in [0.4, 0.5) is 0 Å². The molecule has 1 saturated heterocycles. The lowest BCUT2D eigenvalue weighted by atomic mass is 10.1. The van der Waals surface area contributed by atoms with E-state index in [0.717, 1.165) is 12.8 Å². The van der Waals surface area contributed by atoms with Crippen LogP contribution in [0.5, 0.6) is 0 Å². The maximum atomic E-state index is 11.1. The third-order valence-electron chi connectivity index (χ3n) is 2.96. The first-order chi connectivity index (χ1) is 5.08. The fraction of sp³-hybridized carbons (Fsp3) is 1.00. The first kappa shape index (κ1) is 7.55. The van der Waals surface area contributed by atoms with Gasteiger partial charge in [-0.2, -0.15) is 0 Å². The van der Waals surface area contributed by atoms with Gasteiger partial charge in [-0.15, -0.1) is 0 Å². The first-order valence-corrected chi connectivity index (χ1v) is 5.78. The summed E-state index contributed by atoms with van der Waals surface area (Å²) in [5, 5.41) is 3.14. The normalized spacial score (nSPS) is 46.5. The Bertz CT molecular complexity index is 272. The predicted molar refractivity (Wildman–Crippen MR) is 43.2 cm³/mol. The van der Waals surface area contributed by atoms with Crippen molar-refractivity contribution in [3.63, 3.8) is 0 Å². The lowest BCUT2D eigenvalue weighted by Crippen LogP contribution is -2.19. The summed E-state index contributed by atoms with van der Waals surface area (Å²) in [6.07, 6.45) is 1.93. The van der Waals surface area contributed by atoms with E-state index in [-0.39, 0.29) is 5.41 Å². The van der Waals surface area contributed by atoms with E-state index in [2.05, 4.69) is 5.32 Å². The fourth-order valence-electron chi connectivity index (χ4n) is 2.13. The standard InChI is InChI=1S/C7H13NO2S/c1-8-6-4-7(6)2-3-11(9,10)5-7/h6,8H,2-5H2,1H3. The van der Waals surface area contributed by atoms with E-state index in [0.29, 0.717) is 17.5 Å². The topological polar surface area (TPSA) is 46.2 Å². The monoisotopic (exact) mass is 175 g/mol. The van der Waals surface area contributed by atoms with E-state index in [1.807, 2.05) is 7.05 Å². The van der Waals surface area contributed by atoms with Crippen LogP contribution in [-0.2, 0) is 9.84 Å². The molecule has 1 aliphatic carbocycles. The van der Waals surface area contributed by atoms with Gasteiger partial charge in [0.2, 0.25) is 0 Å². The van der Waals surface area contributed by atoms with Gasteiger partial charge in [-0.3, -0.25) is 0 Å². The summed E-state index contributed by atoms with van der Waals surface area (Å²) in [7, 11) is -0.767. The summed E-state index contributed by atoms with van der Waals surface area (Å²) >= 11 is 0. The third kappa shape index (κ3) is 1.08. The minimum Gasteiger partial charge on any atom is -0.316 e. The summed E-state index contributed by atoms with van der Waals surface area (Å²) in [6, 6.07) is 0.472. The molecule has 64 valence electrons. The smallest absolute Gasteiger partial charge is 0.150 e. The van der Waals surface area contributed by atoms with Crippen molar-refractivity contribution in [1.82, 2.24) is 5.32 Å². The van der Waals surface area contributed by atoms with Crippen LogP contribution >= 0.6 is 0 Å². The highest BCUT2D eigenvalue weighted by molar-refractivity contribution is 7.91. The molecule has 0 amide bonds. The second-order valence-electron chi connectivity index (χ2n) is 3.75. The lowest BCUT2D eigenvalue weighted by molar-refractivity contribution is 0.528. The van der Waals surface area contributed by atoms with Crippen molar-refractivity contribution >= 4 is 9.84 Å².